The Bertz CT molecular complexity index is 1340. The zero-order valence-electron chi connectivity index (χ0n) is 17.6. The number of carboxylic acid groups (broad SMARTS) is 1. The molecule has 0 bridgehead atoms. The molecule has 7 nitrogen and oxygen atoms in total. The fraction of sp³-hybridized carbons (Fsp3) is 0.348. The first-order chi connectivity index (χ1) is 15.3. The van der Waals surface area contributed by atoms with Crippen molar-refractivity contribution < 1.29 is 23.4 Å². The molecule has 4 aromatic rings. The average Bonchev–Trinajstić information content (AvgIpc) is 3.36. The fourth-order valence-electron chi connectivity index (χ4n) is 4.66. The Morgan fingerprint density at radius 3 is 2.72 bits per heavy atom. The fourth-order valence-corrected chi connectivity index (χ4v) is 4.66. The van der Waals surface area contributed by atoms with Gasteiger partial charge in [-0.1, -0.05) is 13.8 Å². The van der Waals surface area contributed by atoms with Crippen LogP contribution in [0.2, 0.25) is 0 Å². The predicted octanol–water partition coefficient (Wildman–Crippen LogP) is 4.65. The molecule has 2 N–H and O–H groups in total. The van der Waals surface area contributed by atoms with Gasteiger partial charge >= 0.3 is 5.97 Å². The average molecular weight is 440 g/mol. The molecule has 1 saturated heterocycles. The summed E-state index contributed by atoms with van der Waals surface area (Å²) >= 11 is 0. The van der Waals surface area contributed by atoms with Crippen LogP contribution < -0.4 is 0 Å². The topological polar surface area (TPSA) is 93.0 Å². The number of aliphatic carboxylic acids is 1. The number of nitrogens with one attached hydrogen (secondary N) is 1. The van der Waals surface area contributed by atoms with Crippen molar-refractivity contribution in [3.63, 3.8) is 0 Å². The van der Waals surface area contributed by atoms with E-state index in [0.717, 1.165) is 33.7 Å². The number of benzene rings is 1. The Labute approximate surface area is 182 Å². The van der Waals surface area contributed by atoms with Crippen LogP contribution >= 0.6 is 0 Å². The zero-order valence-corrected chi connectivity index (χ0v) is 17.6. The first-order valence-electron chi connectivity index (χ1n) is 10.5. The lowest BCUT2D eigenvalue weighted by atomic mass is 9.88. The Balaban J connectivity index is 1.78. The van der Waals surface area contributed by atoms with Crippen LogP contribution in [0.3, 0.4) is 0 Å². The molecule has 5 rings (SSSR count). The molecule has 4 heterocycles. The van der Waals surface area contributed by atoms with Crippen molar-refractivity contribution in [2.45, 2.75) is 44.6 Å². The summed E-state index contributed by atoms with van der Waals surface area (Å²) in [4.78, 5) is 16.1. The Kier molecular flexibility index (Phi) is 4.93. The SMILES string of the molecule is CC(C)c1c(C2CC[C@@H](C(=O)O)OC2)c2nc3[nH]ncc3cc2n1-c1ccc(F)c(F)c1. The van der Waals surface area contributed by atoms with Crippen molar-refractivity contribution in [3.05, 3.63) is 53.4 Å². The first kappa shape index (κ1) is 20.6. The minimum atomic E-state index is -0.964. The van der Waals surface area contributed by atoms with Crippen LogP contribution in [0.4, 0.5) is 8.78 Å². The van der Waals surface area contributed by atoms with Gasteiger partial charge in [0.25, 0.3) is 0 Å². The highest BCUT2D eigenvalue weighted by Gasteiger charge is 2.33. The number of hydrogen-bond donors (Lipinski definition) is 2. The van der Waals surface area contributed by atoms with E-state index in [4.69, 9.17) is 9.72 Å². The van der Waals surface area contributed by atoms with Gasteiger partial charge in [0.15, 0.2) is 23.4 Å². The van der Waals surface area contributed by atoms with Gasteiger partial charge in [0, 0.05) is 34.3 Å². The predicted molar refractivity (Wildman–Crippen MR) is 114 cm³/mol. The largest absolute Gasteiger partial charge is 0.479 e. The van der Waals surface area contributed by atoms with Gasteiger partial charge in [0.2, 0.25) is 0 Å². The number of hydrogen-bond acceptors (Lipinski definition) is 4. The summed E-state index contributed by atoms with van der Waals surface area (Å²) in [7, 11) is 0. The molecule has 0 aliphatic carbocycles. The number of aromatic nitrogens is 4. The van der Waals surface area contributed by atoms with Crippen molar-refractivity contribution in [3.8, 4) is 5.69 Å². The molecule has 9 heteroatoms. The summed E-state index contributed by atoms with van der Waals surface area (Å²) in [5, 5.41) is 17.0. The third kappa shape index (κ3) is 3.24. The van der Waals surface area contributed by atoms with Crippen LogP contribution in [0.5, 0.6) is 0 Å². The summed E-state index contributed by atoms with van der Waals surface area (Å²) in [5.41, 5.74) is 4.45. The van der Waals surface area contributed by atoms with Crippen LogP contribution in [-0.4, -0.2) is 43.5 Å². The highest BCUT2D eigenvalue weighted by atomic mass is 19.2. The van der Waals surface area contributed by atoms with Crippen molar-refractivity contribution in [2.75, 3.05) is 6.61 Å². The Morgan fingerprint density at radius 1 is 1.25 bits per heavy atom. The maximum absolute atomic E-state index is 14.2. The van der Waals surface area contributed by atoms with Crippen molar-refractivity contribution in [2.24, 2.45) is 0 Å². The molecule has 1 fully saturated rings. The van der Waals surface area contributed by atoms with Gasteiger partial charge in [-0.25, -0.2) is 18.6 Å². The van der Waals surface area contributed by atoms with E-state index >= 15 is 0 Å². The Morgan fingerprint density at radius 2 is 2.06 bits per heavy atom. The smallest absolute Gasteiger partial charge is 0.332 e. The summed E-state index contributed by atoms with van der Waals surface area (Å²) < 4.78 is 35.4. The quantitative estimate of drug-likeness (QED) is 0.482. The van der Waals surface area contributed by atoms with E-state index in [9.17, 15) is 18.7 Å². The second-order valence-corrected chi connectivity index (χ2v) is 8.49. The maximum atomic E-state index is 14.2. The van der Waals surface area contributed by atoms with Gasteiger partial charge in [-0.15, -0.1) is 0 Å². The Hall–Kier alpha value is -3.33. The van der Waals surface area contributed by atoms with Crippen LogP contribution in [0.15, 0.2) is 30.5 Å². The molecule has 0 radical (unpaired) electrons. The molecule has 2 atom stereocenters. The highest BCUT2D eigenvalue weighted by molar-refractivity contribution is 5.93. The lowest BCUT2D eigenvalue weighted by Gasteiger charge is -2.28. The van der Waals surface area contributed by atoms with E-state index in [1.54, 1.807) is 12.3 Å². The lowest BCUT2D eigenvalue weighted by Crippen LogP contribution is -2.31. The molecule has 1 unspecified atom stereocenters. The highest BCUT2D eigenvalue weighted by Crippen LogP contribution is 2.41. The van der Waals surface area contributed by atoms with Crippen LogP contribution in [-0.2, 0) is 9.53 Å². The van der Waals surface area contributed by atoms with E-state index in [1.807, 2.05) is 24.5 Å². The number of halogens is 2. The third-order valence-corrected chi connectivity index (χ3v) is 6.09. The molecule has 1 aliphatic heterocycles. The second-order valence-electron chi connectivity index (χ2n) is 8.49. The molecule has 1 aliphatic rings. The number of H-pyrrole nitrogens is 1. The standard InChI is InChI=1S/C23H22F2N4O3/c1-11(2)21-19(12-3-6-18(23(30)31)32-10-12)20-17(7-13-9-26-28-22(13)27-20)29(21)14-4-5-15(24)16(25)8-14/h4-5,7-9,11-12,18H,3,6,10H2,1-2H3,(H,30,31)(H,26,27,28)/t12?,18-/m0/s1. The van der Waals surface area contributed by atoms with E-state index in [0.29, 0.717) is 24.2 Å². The van der Waals surface area contributed by atoms with Crippen molar-refractivity contribution >= 4 is 28.0 Å². The number of nitrogens with zero attached hydrogens (tertiary/aromatic N) is 3. The molecule has 0 amide bonds. The van der Waals surface area contributed by atoms with E-state index < -0.39 is 23.7 Å². The molecule has 0 saturated carbocycles. The lowest BCUT2D eigenvalue weighted by molar-refractivity contribution is -0.153. The van der Waals surface area contributed by atoms with Crippen LogP contribution in [0.25, 0.3) is 27.8 Å². The van der Waals surface area contributed by atoms with Crippen molar-refractivity contribution in [1.82, 2.24) is 19.7 Å². The van der Waals surface area contributed by atoms with Gasteiger partial charge in [-0.2, -0.15) is 5.10 Å². The van der Waals surface area contributed by atoms with E-state index in [-0.39, 0.29) is 18.4 Å². The summed E-state index contributed by atoms with van der Waals surface area (Å²) in [6.07, 6.45) is 1.86. The van der Waals surface area contributed by atoms with Crippen LogP contribution in [0, 0.1) is 11.6 Å². The number of carbonyl (C=O) groups is 1. The third-order valence-electron chi connectivity index (χ3n) is 6.09. The van der Waals surface area contributed by atoms with Gasteiger partial charge < -0.3 is 14.4 Å². The molecule has 166 valence electrons. The number of ether oxygens (including phenoxy) is 1. The van der Waals surface area contributed by atoms with Crippen LogP contribution in [0.1, 0.15) is 49.8 Å². The molecule has 3 aromatic heterocycles. The molecule has 1 aromatic carbocycles. The molecule has 32 heavy (non-hydrogen) atoms. The monoisotopic (exact) mass is 440 g/mol. The summed E-state index contributed by atoms with van der Waals surface area (Å²) in [5.74, 6) is -2.85. The number of fused-ring (bicyclic) bond motifs is 2. The minimum absolute atomic E-state index is 0.0287. The zero-order chi connectivity index (χ0) is 22.6. The van der Waals surface area contributed by atoms with Gasteiger partial charge in [-0.05, 0) is 37.0 Å². The van der Waals surface area contributed by atoms with Crippen molar-refractivity contribution in [1.29, 1.82) is 0 Å². The summed E-state index contributed by atoms with van der Waals surface area (Å²) in [6.45, 7) is 4.31. The number of rotatable bonds is 4. The first-order valence-corrected chi connectivity index (χ1v) is 10.5. The summed E-state index contributed by atoms with van der Waals surface area (Å²) in [6, 6.07) is 5.78. The van der Waals surface area contributed by atoms with E-state index in [1.165, 1.54) is 6.07 Å². The van der Waals surface area contributed by atoms with E-state index in [2.05, 4.69) is 10.2 Å². The maximum Gasteiger partial charge on any atom is 0.332 e. The number of aromatic amines is 1. The molecule has 0 spiro atoms. The van der Waals surface area contributed by atoms with Gasteiger partial charge in [0.05, 0.1) is 23.8 Å². The van der Waals surface area contributed by atoms with Gasteiger partial charge in [0.1, 0.15) is 0 Å². The minimum Gasteiger partial charge on any atom is -0.479 e. The normalized spacial score (nSPS) is 19.3. The molecular formula is C23H22F2N4O3. The second kappa shape index (κ2) is 7.67. The van der Waals surface area contributed by atoms with Gasteiger partial charge in [-0.3, -0.25) is 5.10 Å². The number of carboxylic acids is 1. The molecular weight excluding hydrogens is 418 g/mol. The number of pyridine rings is 1.